The van der Waals surface area contributed by atoms with Crippen LogP contribution in [0.3, 0.4) is 0 Å². The van der Waals surface area contributed by atoms with Gasteiger partial charge in [-0.2, -0.15) is 0 Å². The van der Waals surface area contributed by atoms with Gasteiger partial charge in [0.05, 0.1) is 12.1 Å². The van der Waals surface area contributed by atoms with Crippen LogP contribution in [0.5, 0.6) is 0 Å². The van der Waals surface area contributed by atoms with Crippen LogP contribution in [-0.4, -0.2) is 39.5 Å². The fourth-order valence-corrected chi connectivity index (χ4v) is 4.75. The summed E-state index contributed by atoms with van der Waals surface area (Å²) in [6, 6.07) is 9.19. The lowest BCUT2D eigenvalue weighted by Crippen LogP contribution is -2.29. The number of amides is 1. The van der Waals surface area contributed by atoms with E-state index in [2.05, 4.69) is 5.32 Å². The Morgan fingerprint density at radius 2 is 1.75 bits per heavy atom. The molecule has 0 aliphatic heterocycles. The number of hydrogen-bond acceptors (Lipinski definition) is 4. The highest BCUT2D eigenvalue weighted by molar-refractivity contribution is 7.89. The molecule has 28 heavy (non-hydrogen) atoms. The van der Waals surface area contributed by atoms with Crippen molar-refractivity contribution < 1.29 is 18.0 Å². The molecule has 1 unspecified atom stereocenters. The summed E-state index contributed by atoms with van der Waals surface area (Å²) in [5.41, 5.74) is 0.872. The minimum Gasteiger partial charge on any atom is -0.351 e. The molecule has 1 N–H and O–H groups in total. The Labute approximate surface area is 179 Å². The van der Waals surface area contributed by atoms with E-state index in [1.807, 2.05) is 6.92 Å². The van der Waals surface area contributed by atoms with Gasteiger partial charge in [-0.1, -0.05) is 52.3 Å². The molecule has 0 radical (unpaired) electrons. The average molecular weight is 466 g/mol. The van der Waals surface area contributed by atoms with Crippen LogP contribution in [0.1, 0.15) is 28.8 Å². The van der Waals surface area contributed by atoms with Crippen molar-refractivity contribution >= 4 is 50.7 Å². The van der Waals surface area contributed by atoms with E-state index in [1.54, 1.807) is 18.2 Å². The highest BCUT2D eigenvalue weighted by Gasteiger charge is 2.25. The second-order valence-electron chi connectivity index (χ2n) is 5.99. The summed E-state index contributed by atoms with van der Waals surface area (Å²) in [5.74, 6) is -0.608. The molecule has 2 aromatic rings. The largest absolute Gasteiger partial charge is 0.351 e. The van der Waals surface area contributed by atoms with Crippen LogP contribution < -0.4 is 5.32 Å². The highest BCUT2D eigenvalue weighted by atomic mass is 35.5. The van der Waals surface area contributed by atoms with E-state index >= 15 is 0 Å². The molecule has 0 heterocycles. The fraction of sp³-hybridized carbons (Fsp3) is 0.278. The molecule has 0 aromatic heterocycles. The number of halogens is 3. The van der Waals surface area contributed by atoms with Crippen molar-refractivity contribution in [2.75, 3.05) is 20.7 Å². The first kappa shape index (κ1) is 22.9. The second-order valence-corrected chi connectivity index (χ2v) is 9.11. The lowest BCUT2D eigenvalue weighted by molar-refractivity contribution is -0.0258. The van der Waals surface area contributed by atoms with Crippen molar-refractivity contribution in [2.45, 2.75) is 17.7 Å². The zero-order chi connectivity index (χ0) is 21.1. The number of benzene rings is 2. The van der Waals surface area contributed by atoms with Gasteiger partial charge in [0.2, 0.25) is 0 Å². The first-order chi connectivity index (χ1) is 13.1. The van der Waals surface area contributed by atoms with Crippen molar-refractivity contribution in [1.82, 2.24) is 9.79 Å². The summed E-state index contributed by atoms with van der Waals surface area (Å²) in [6.07, 6.45) is 0. The maximum atomic E-state index is 12.5. The summed E-state index contributed by atoms with van der Waals surface area (Å²) >= 11 is 18.4. The number of rotatable bonds is 7. The van der Waals surface area contributed by atoms with Gasteiger partial charge < -0.3 is 5.32 Å². The predicted octanol–water partition coefficient (Wildman–Crippen LogP) is 4.36. The lowest BCUT2D eigenvalue weighted by atomic mass is 10.0. The maximum absolute atomic E-state index is 12.5. The first-order valence-corrected chi connectivity index (χ1v) is 10.7. The molecule has 6 nitrogen and oxygen atoms in total. The molecule has 0 aliphatic carbocycles. The van der Waals surface area contributed by atoms with Gasteiger partial charge in [-0.05, 0) is 35.9 Å². The van der Waals surface area contributed by atoms with E-state index in [9.17, 15) is 13.2 Å². The van der Waals surface area contributed by atoms with E-state index < -0.39 is 15.9 Å². The van der Waals surface area contributed by atoms with E-state index in [-0.39, 0.29) is 27.9 Å². The van der Waals surface area contributed by atoms with Crippen LogP contribution in [0.25, 0.3) is 0 Å². The average Bonchev–Trinajstić information content (AvgIpc) is 2.65. The lowest BCUT2D eigenvalue weighted by Gasteiger charge is -2.17. The molecule has 0 saturated heterocycles. The highest BCUT2D eigenvalue weighted by Crippen LogP contribution is 2.31. The van der Waals surface area contributed by atoms with Crippen molar-refractivity contribution in [1.29, 1.82) is 0 Å². The summed E-state index contributed by atoms with van der Waals surface area (Å²) < 4.78 is 25.5. The van der Waals surface area contributed by atoms with Gasteiger partial charge in [0.15, 0.2) is 0 Å². The number of sulfonamides is 1. The van der Waals surface area contributed by atoms with Gasteiger partial charge in [-0.25, -0.2) is 8.42 Å². The van der Waals surface area contributed by atoms with Crippen molar-refractivity contribution in [3.63, 3.8) is 0 Å². The second kappa shape index (κ2) is 9.43. The summed E-state index contributed by atoms with van der Waals surface area (Å²) in [4.78, 5) is 17.0. The molecule has 0 aliphatic rings. The minimum absolute atomic E-state index is 0.0170. The number of carbonyl (C=O) groups excluding carboxylic acids is 1. The van der Waals surface area contributed by atoms with E-state index in [4.69, 9.17) is 39.6 Å². The quantitative estimate of drug-likeness (QED) is 0.616. The Kier molecular flexibility index (Phi) is 7.73. The number of carbonyl (C=O) groups is 1. The Balaban J connectivity index is 2.20. The third-order valence-corrected chi connectivity index (χ3v) is 6.95. The topological polar surface area (TPSA) is 75.7 Å². The molecule has 10 heteroatoms. The third kappa shape index (κ3) is 4.97. The Bertz CT molecular complexity index is 963. The minimum atomic E-state index is -4.00. The normalized spacial score (nSPS) is 12.8. The Hall–Kier alpha value is -1.35. The number of hydroxylamine groups is 1. The standard InChI is InChI=1S/C18H19Cl3N2O4S/c1-11(17-14(20)5-4-6-15(17)21)10-22-18(24)12-7-8-13(19)16(9-12)28(25,26)23(2)27-3/h4-9,11H,10H2,1-3H3,(H,22,24). The summed E-state index contributed by atoms with van der Waals surface area (Å²) in [5, 5.41) is 3.76. The molecule has 2 rings (SSSR count). The maximum Gasteiger partial charge on any atom is 0.266 e. The van der Waals surface area contributed by atoms with Gasteiger partial charge in [-0.3, -0.25) is 9.63 Å². The molecule has 2 aromatic carbocycles. The molecule has 1 amide bonds. The monoisotopic (exact) mass is 464 g/mol. The zero-order valence-electron chi connectivity index (χ0n) is 15.4. The van der Waals surface area contributed by atoms with E-state index in [0.717, 1.165) is 5.56 Å². The Morgan fingerprint density at radius 3 is 2.32 bits per heavy atom. The van der Waals surface area contributed by atoms with Gasteiger partial charge in [0, 0.05) is 35.1 Å². The van der Waals surface area contributed by atoms with E-state index in [0.29, 0.717) is 14.5 Å². The van der Waals surface area contributed by atoms with Crippen molar-refractivity contribution in [2.24, 2.45) is 0 Å². The molecule has 0 bridgehead atoms. The number of nitrogens with zero attached hydrogens (tertiary/aromatic N) is 1. The molecular formula is C18H19Cl3N2O4S. The molecule has 0 spiro atoms. The molecule has 1 atom stereocenters. The van der Waals surface area contributed by atoms with Crippen molar-refractivity contribution in [3.8, 4) is 0 Å². The van der Waals surface area contributed by atoms with Gasteiger partial charge >= 0.3 is 0 Å². The fourth-order valence-electron chi connectivity index (χ4n) is 2.51. The van der Waals surface area contributed by atoms with Crippen molar-refractivity contribution in [3.05, 3.63) is 62.6 Å². The van der Waals surface area contributed by atoms with Crippen LogP contribution in [0, 0.1) is 0 Å². The predicted molar refractivity (Wildman–Crippen MR) is 111 cm³/mol. The number of nitrogens with one attached hydrogen (secondary N) is 1. The van der Waals surface area contributed by atoms with Gasteiger partial charge in [-0.15, -0.1) is 0 Å². The van der Waals surface area contributed by atoms with Crippen LogP contribution in [0.15, 0.2) is 41.3 Å². The summed E-state index contributed by atoms with van der Waals surface area (Å²) in [6.45, 7) is 2.13. The van der Waals surface area contributed by atoms with Crippen LogP contribution in [0.4, 0.5) is 0 Å². The van der Waals surface area contributed by atoms with Gasteiger partial charge in [0.25, 0.3) is 15.9 Å². The zero-order valence-corrected chi connectivity index (χ0v) is 18.5. The van der Waals surface area contributed by atoms with E-state index in [1.165, 1.54) is 32.4 Å². The number of hydrogen-bond donors (Lipinski definition) is 1. The third-order valence-electron chi connectivity index (χ3n) is 4.13. The smallest absolute Gasteiger partial charge is 0.266 e. The Morgan fingerprint density at radius 1 is 1.14 bits per heavy atom. The molecule has 152 valence electrons. The SMILES string of the molecule is CON(C)S(=O)(=O)c1cc(C(=O)NCC(C)c2c(Cl)cccc2Cl)ccc1Cl. The van der Waals surface area contributed by atoms with Gasteiger partial charge in [0.1, 0.15) is 4.90 Å². The van der Waals surface area contributed by atoms with Crippen LogP contribution in [-0.2, 0) is 14.9 Å². The van der Waals surface area contributed by atoms with Crippen LogP contribution in [0.2, 0.25) is 15.1 Å². The molecule has 0 fully saturated rings. The molecular weight excluding hydrogens is 447 g/mol. The first-order valence-electron chi connectivity index (χ1n) is 8.14. The molecule has 0 saturated carbocycles. The summed E-state index contributed by atoms with van der Waals surface area (Å²) in [7, 11) is -1.56. The van der Waals surface area contributed by atoms with Crippen LogP contribution >= 0.6 is 34.8 Å².